The predicted molar refractivity (Wildman–Crippen MR) is 83.9 cm³/mol. The second-order valence-electron chi connectivity index (χ2n) is 5.58. The lowest BCUT2D eigenvalue weighted by molar-refractivity contribution is -0.140. The summed E-state index contributed by atoms with van der Waals surface area (Å²) in [5.74, 6) is 2.43. The van der Waals surface area contributed by atoms with Crippen molar-refractivity contribution in [1.29, 1.82) is 0 Å². The van der Waals surface area contributed by atoms with Gasteiger partial charge in [-0.15, -0.1) is 0 Å². The average Bonchev–Trinajstić information content (AvgIpc) is 2.74. The Balaban J connectivity index is 1.81. The van der Waals surface area contributed by atoms with E-state index in [1.165, 1.54) is 4.90 Å². The van der Waals surface area contributed by atoms with Gasteiger partial charge in [-0.25, -0.2) is 10.3 Å². The van der Waals surface area contributed by atoms with E-state index in [-0.39, 0.29) is 32.2 Å². The Morgan fingerprint density at radius 1 is 1.48 bits per heavy atom. The van der Waals surface area contributed by atoms with Crippen molar-refractivity contribution < 1.29 is 37.6 Å². The highest BCUT2D eigenvalue weighted by molar-refractivity contribution is 7.90. The molecule has 3 amide bonds. The van der Waals surface area contributed by atoms with Gasteiger partial charge in [-0.2, -0.15) is 9.35 Å². The van der Waals surface area contributed by atoms with Gasteiger partial charge >= 0.3 is 6.03 Å². The van der Waals surface area contributed by atoms with E-state index in [4.69, 9.17) is 20.7 Å². The molecular weight excluding hydrogens is 358 g/mol. The minimum absolute atomic E-state index is 0.0668. The first-order chi connectivity index (χ1) is 11.7. The summed E-state index contributed by atoms with van der Waals surface area (Å²) in [7, 11) is -4.08. The van der Waals surface area contributed by atoms with Crippen molar-refractivity contribution in [1.82, 2.24) is 15.4 Å². The van der Waals surface area contributed by atoms with Gasteiger partial charge < -0.3 is 14.2 Å². The molecule has 5 N–H and O–H groups in total. The maximum absolute atomic E-state index is 12.2. The molecule has 3 unspecified atom stereocenters. The maximum Gasteiger partial charge on any atom is 0.346 e. The zero-order valence-electron chi connectivity index (χ0n) is 13.4. The predicted octanol–water partition coefficient (Wildman–Crippen LogP) is -3.87. The topological polar surface area (TPSA) is 172 Å². The van der Waals surface area contributed by atoms with Crippen LogP contribution in [-0.2, 0) is 28.7 Å². The van der Waals surface area contributed by atoms with Crippen LogP contribution in [0.3, 0.4) is 0 Å². The number of amides is 3. The number of nitrogens with zero attached hydrogens (tertiary/aromatic N) is 2. The first kappa shape index (κ1) is 19.4. The highest BCUT2D eigenvalue weighted by Crippen LogP contribution is 2.30. The molecule has 2 heterocycles. The number of nitrogens with one attached hydrogen (secondary N) is 1. The molecule has 13 heteroatoms. The van der Waals surface area contributed by atoms with Crippen molar-refractivity contribution in [2.24, 2.45) is 5.73 Å². The van der Waals surface area contributed by atoms with Crippen LogP contribution in [0.5, 0.6) is 0 Å². The summed E-state index contributed by atoms with van der Waals surface area (Å²) in [6, 6.07) is -1.92. The SMILES string of the molecule is C=S(=O)([O-])ON1C(=O)N2CC1CCC2C(=O)NOCCOCC(N)=[NH2+]. The first-order valence-corrected chi connectivity index (χ1v) is 9.00. The molecule has 0 aliphatic carbocycles. The van der Waals surface area contributed by atoms with Crippen molar-refractivity contribution >= 4 is 33.7 Å². The molecule has 12 nitrogen and oxygen atoms in total. The second-order valence-corrected chi connectivity index (χ2v) is 6.85. The largest absolute Gasteiger partial charge is 0.756 e. The molecule has 2 aliphatic rings. The van der Waals surface area contributed by atoms with Crippen LogP contribution in [-0.4, -0.2) is 80.8 Å². The van der Waals surface area contributed by atoms with E-state index in [1.807, 2.05) is 0 Å². The Bertz CT molecular complexity index is 640. The van der Waals surface area contributed by atoms with Gasteiger partial charge in [0.15, 0.2) is 0 Å². The van der Waals surface area contributed by atoms with Crippen LogP contribution >= 0.6 is 0 Å². The van der Waals surface area contributed by atoms with Crippen LogP contribution in [0, 0.1) is 0 Å². The van der Waals surface area contributed by atoms with Crippen LogP contribution in [0.4, 0.5) is 4.79 Å². The number of urea groups is 1. The summed E-state index contributed by atoms with van der Waals surface area (Å²) in [4.78, 5) is 30.6. The van der Waals surface area contributed by atoms with Gasteiger partial charge in [-0.3, -0.25) is 25.0 Å². The lowest BCUT2D eigenvalue weighted by atomic mass is 10.0. The van der Waals surface area contributed by atoms with Crippen LogP contribution in [0.2, 0.25) is 0 Å². The van der Waals surface area contributed by atoms with Crippen LogP contribution in [0.25, 0.3) is 0 Å². The maximum atomic E-state index is 12.2. The number of amidine groups is 1. The summed E-state index contributed by atoms with van der Waals surface area (Å²) in [6.45, 7) is 0.490. The number of hydrogen-bond donors (Lipinski definition) is 3. The number of ether oxygens (including phenoxy) is 1. The Morgan fingerprint density at radius 2 is 2.20 bits per heavy atom. The van der Waals surface area contributed by atoms with E-state index >= 15 is 0 Å². The van der Waals surface area contributed by atoms with Gasteiger partial charge in [0.05, 0.1) is 19.3 Å². The van der Waals surface area contributed by atoms with Crippen LogP contribution < -0.4 is 16.6 Å². The Labute approximate surface area is 144 Å². The Kier molecular flexibility index (Phi) is 6.18. The standard InChI is InChI=1S/C12H21N5O7S/c1-25(20,21)24-17-8-2-3-9(16(6-8)12(17)19)11(18)15-23-5-4-22-7-10(13)14/h8-9H,1-7H2,(H3,13,14)(H,15,18)(H,20,21). The third-order valence-corrected chi connectivity index (χ3v) is 3.98. The summed E-state index contributed by atoms with van der Waals surface area (Å²) < 4.78 is 31.9. The molecule has 2 rings (SSSR count). The number of hydrogen-bond acceptors (Lipinski definition) is 7. The molecule has 25 heavy (non-hydrogen) atoms. The summed E-state index contributed by atoms with van der Waals surface area (Å²) in [5, 5.41) is 5.96. The highest BCUT2D eigenvalue weighted by atomic mass is 32.2. The molecule has 0 radical (unpaired) electrons. The molecule has 2 saturated heterocycles. The fourth-order valence-electron chi connectivity index (χ4n) is 2.61. The molecule has 2 aliphatic heterocycles. The van der Waals surface area contributed by atoms with Gasteiger partial charge in [0.2, 0.25) is 0 Å². The van der Waals surface area contributed by atoms with Crippen molar-refractivity contribution in [2.45, 2.75) is 24.9 Å². The van der Waals surface area contributed by atoms with Crippen LogP contribution in [0.1, 0.15) is 12.8 Å². The minimum Gasteiger partial charge on any atom is -0.756 e. The second kappa shape index (κ2) is 7.97. The molecule has 0 aromatic carbocycles. The number of rotatable bonds is 9. The number of carbonyl (C=O) groups is 2. The third-order valence-electron chi connectivity index (χ3n) is 3.59. The fourth-order valence-corrected chi connectivity index (χ4v) is 3.04. The quantitative estimate of drug-likeness (QED) is 0.120. The lowest BCUT2D eigenvalue weighted by Gasteiger charge is -2.29. The molecule has 2 fully saturated rings. The van der Waals surface area contributed by atoms with E-state index in [0.29, 0.717) is 12.8 Å². The smallest absolute Gasteiger partial charge is 0.346 e. The molecular formula is C12H21N5O7S. The van der Waals surface area contributed by atoms with Crippen molar-refractivity contribution in [3.05, 3.63) is 0 Å². The van der Waals surface area contributed by atoms with E-state index in [1.54, 1.807) is 0 Å². The number of fused-ring (bicyclic) bond motifs is 2. The minimum atomic E-state index is -4.08. The summed E-state index contributed by atoms with van der Waals surface area (Å²) in [5.41, 5.74) is 7.45. The Hall–Kier alpha value is -1.93. The van der Waals surface area contributed by atoms with Crippen molar-refractivity contribution in [3.63, 3.8) is 0 Å². The van der Waals surface area contributed by atoms with Crippen LogP contribution in [0.15, 0.2) is 0 Å². The summed E-state index contributed by atoms with van der Waals surface area (Å²) in [6.07, 6.45) is 0.752. The number of carbonyl (C=O) groups excluding carboxylic acids is 2. The van der Waals surface area contributed by atoms with Gasteiger partial charge in [0.1, 0.15) is 12.6 Å². The van der Waals surface area contributed by atoms with E-state index in [0.717, 1.165) is 5.06 Å². The molecule has 3 atom stereocenters. The number of nitrogens with two attached hydrogens (primary N) is 2. The molecule has 0 aromatic rings. The van der Waals surface area contributed by atoms with Gasteiger partial charge in [-0.05, 0) is 18.7 Å². The summed E-state index contributed by atoms with van der Waals surface area (Å²) >= 11 is 0. The molecule has 0 spiro atoms. The van der Waals surface area contributed by atoms with E-state index in [2.05, 4.69) is 15.6 Å². The fraction of sp³-hybridized carbons (Fsp3) is 0.667. The number of piperidine rings is 1. The molecule has 0 saturated carbocycles. The third kappa shape index (κ3) is 5.27. The zero-order chi connectivity index (χ0) is 18.6. The van der Waals surface area contributed by atoms with E-state index in [9.17, 15) is 18.4 Å². The van der Waals surface area contributed by atoms with E-state index < -0.39 is 34.1 Å². The number of hydroxylamine groups is 3. The normalized spacial score (nSPS) is 24.9. The van der Waals surface area contributed by atoms with Crippen molar-refractivity contribution in [3.8, 4) is 0 Å². The lowest BCUT2D eigenvalue weighted by Crippen LogP contribution is -2.50. The molecule has 2 bridgehead atoms. The zero-order valence-corrected chi connectivity index (χ0v) is 14.2. The highest BCUT2D eigenvalue weighted by Gasteiger charge is 2.48. The van der Waals surface area contributed by atoms with Crippen molar-refractivity contribution in [2.75, 3.05) is 26.4 Å². The Morgan fingerprint density at radius 3 is 2.84 bits per heavy atom. The molecule has 142 valence electrons. The first-order valence-electron chi connectivity index (χ1n) is 7.42. The van der Waals surface area contributed by atoms with Gasteiger partial charge in [0, 0.05) is 16.6 Å². The molecule has 0 aromatic heterocycles. The van der Waals surface area contributed by atoms with Gasteiger partial charge in [0.25, 0.3) is 11.7 Å². The monoisotopic (exact) mass is 379 g/mol. The average molecular weight is 379 g/mol. The van der Waals surface area contributed by atoms with Gasteiger partial charge in [-0.1, -0.05) is 0 Å².